The van der Waals surface area contributed by atoms with Crippen molar-refractivity contribution in [2.24, 2.45) is 5.92 Å². The summed E-state index contributed by atoms with van der Waals surface area (Å²) in [6, 6.07) is 15.9. The number of fused-ring (bicyclic) bond motifs is 2. The van der Waals surface area contributed by atoms with Crippen LogP contribution in [0.1, 0.15) is 22.1 Å². The number of aromatic nitrogens is 1. The zero-order chi connectivity index (χ0) is 28.2. The number of nitrogens with one attached hydrogen (secondary N) is 1. The van der Waals surface area contributed by atoms with E-state index in [2.05, 4.69) is 5.32 Å². The van der Waals surface area contributed by atoms with Crippen molar-refractivity contribution in [3.05, 3.63) is 98.9 Å². The van der Waals surface area contributed by atoms with E-state index in [4.69, 9.17) is 4.42 Å². The molecule has 4 aromatic rings. The fourth-order valence-electron chi connectivity index (χ4n) is 4.97. The van der Waals surface area contributed by atoms with Crippen molar-refractivity contribution in [2.75, 3.05) is 10.2 Å². The number of anilines is 2. The number of furan rings is 1. The first kappa shape index (κ1) is 26.1. The van der Waals surface area contributed by atoms with E-state index in [0.717, 1.165) is 46.2 Å². The van der Waals surface area contributed by atoms with Crippen molar-refractivity contribution in [1.29, 1.82) is 0 Å². The Balaban J connectivity index is 1.39. The number of benzene rings is 2. The highest BCUT2D eigenvalue weighted by atomic mass is 32.2. The molecular formula is C27H18F3N3O5S2. The zero-order valence-electron chi connectivity index (χ0n) is 20.3. The Morgan fingerprint density at radius 1 is 0.975 bits per heavy atom. The fraction of sp³-hybridized carbons (Fsp3) is 0.185. The maximum absolute atomic E-state index is 13.7. The summed E-state index contributed by atoms with van der Waals surface area (Å²) >= 11 is 1.80. The summed E-state index contributed by atoms with van der Waals surface area (Å²) in [6.07, 6.45) is -3.27. The summed E-state index contributed by atoms with van der Waals surface area (Å²) in [5, 5.41) is 2.01. The van der Waals surface area contributed by atoms with Crippen molar-refractivity contribution in [3.8, 4) is 0 Å². The fourth-order valence-corrected chi connectivity index (χ4v) is 7.72. The zero-order valence-corrected chi connectivity index (χ0v) is 21.9. The van der Waals surface area contributed by atoms with Gasteiger partial charge in [0.15, 0.2) is 0 Å². The summed E-state index contributed by atoms with van der Waals surface area (Å²) in [6.45, 7) is -0.339. The smallest absolute Gasteiger partial charge is 0.416 e. The number of thiazole rings is 1. The minimum Gasteiger partial charge on any atom is -0.469 e. The highest BCUT2D eigenvalue weighted by Gasteiger charge is 2.57. The Morgan fingerprint density at radius 2 is 1.75 bits per heavy atom. The van der Waals surface area contributed by atoms with Gasteiger partial charge in [-0.2, -0.15) is 13.2 Å². The Morgan fingerprint density at radius 3 is 2.45 bits per heavy atom. The van der Waals surface area contributed by atoms with Crippen LogP contribution in [0.4, 0.5) is 24.5 Å². The Kier molecular flexibility index (Phi) is 6.42. The third-order valence-electron chi connectivity index (χ3n) is 6.69. The number of thioether (sulfide) groups is 1. The molecule has 0 saturated carbocycles. The van der Waals surface area contributed by atoms with Gasteiger partial charge in [0.1, 0.15) is 17.6 Å². The van der Waals surface area contributed by atoms with Crippen molar-refractivity contribution < 1.29 is 32.0 Å². The molecule has 0 spiro atoms. The molecule has 1 N–H and O–H groups in total. The topological polar surface area (TPSA) is 102 Å². The van der Waals surface area contributed by atoms with Gasteiger partial charge in [-0.05, 0) is 42.5 Å². The molecule has 0 radical (unpaired) electrons. The minimum absolute atomic E-state index is 0.194. The first-order valence-electron chi connectivity index (χ1n) is 12.0. The lowest BCUT2D eigenvalue weighted by Gasteiger charge is -2.29. The molecule has 2 aliphatic heterocycles. The van der Waals surface area contributed by atoms with Crippen LogP contribution in [-0.2, 0) is 27.1 Å². The number of hydrogen-bond acceptors (Lipinski definition) is 7. The molecule has 1 fully saturated rings. The van der Waals surface area contributed by atoms with E-state index >= 15 is 0 Å². The molecule has 2 aromatic carbocycles. The highest BCUT2D eigenvalue weighted by molar-refractivity contribution is 8.00. The normalized spacial score (nSPS) is 20.4. The highest BCUT2D eigenvalue weighted by Crippen LogP contribution is 2.54. The third-order valence-corrected chi connectivity index (χ3v) is 9.29. The summed E-state index contributed by atoms with van der Waals surface area (Å²) in [5.74, 6) is -3.42. The van der Waals surface area contributed by atoms with Gasteiger partial charge in [-0.25, -0.2) is 4.90 Å². The second kappa shape index (κ2) is 9.82. The quantitative estimate of drug-likeness (QED) is 0.333. The Labute approximate surface area is 232 Å². The second-order valence-electron chi connectivity index (χ2n) is 9.16. The average molecular weight is 586 g/mol. The van der Waals surface area contributed by atoms with Crippen LogP contribution < -0.4 is 15.1 Å². The summed E-state index contributed by atoms with van der Waals surface area (Å²) in [5.41, 5.74) is -0.645. The number of alkyl halides is 3. The maximum Gasteiger partial charge on any atom is 0.416 e. The number of imide groups is 1. The molecular weight excluding hydrogens is 567 g/mol. The molecule has 204 valence electrons. The van der Waals surface area contributed by atoms with Gasteiger partial charge in [0.25, 0.3) is 0 Å². The lowest BCUT2D eigenvalue weighted by Crippen LogP contribution is -2.32. The second-order valence-corrected chi connectivity index (χ2v) is 11.3. The van der Waals surface area contributed by atoms with Crippen molar-refractivity contribution in [1.82, 2.24) is 4.57 Å². The molecule has 2 unspecified atom stereocenters. The number of hydrogen-bond donors (Lipinski definition) is 1. The lowest BCUT2D eigenvalue weighted by molar-refractivity contribution is -0.137. The molecule has 3 amide bonds. The number of para-hydroxylation sites is 1. The van der Waals surface area contributed by atoms with Crippen LogP contribution in [0, 0.1) is 5.92 Å². The van der Waals surface area contributed by atoms with Gasteiger partial charge in [-0.1, -0.05) is 47.4 Å². The molecule has 0 bridgehead atoms. The predicted octanol–water partition coefficient (Wildman–Crippen LogP) is 4.96. The van der Waals surface area contributed by atoms with Gasteiger partial charge in [-0.15, -0.1) is 0 Å². The number of carbonyl (C=O) groups excluding carboxylic acids is 3. The monoisotopic (exact) mass is 585 g/mol. The van der Waals surface area contributed by atoms with Crippen LogP contribution in [0.5, 0.6) is 0 Å². The first-order chi connectivity index (χ1) is 19.1. The van der Waals surface area contributed by atoms with E-state index in [1.165, 1.54) is 16.9 Å². The molecule has 1 saturated heterocycles. The van der Waals surface area contributed by atoms with Gasteiger partial charge in [-0.3, -0.25) is 23.7 Å². The SMILES string of the molecule is O=C(Cn1c2c(sc1=O)[C@H](c1ccco1)C1C(=O)N(c3cccc(C(F)(F)F)c3)C(=O)C1S2)Nc1ccccc1. The molecule has 6 rings (SSSR count). The number of rotatable bonds is 5. The molecule has 8 nitrogen and oxygen atoms in total. The number of nitrogens with zero attached hydrogens (tertiary/aromatic N) is 2. The standard InChI is InChI=1S/C27H18F3N3O5S2/c28-27(29,30)14-6-4-9-16(12-14)33-23(35)20-19(17-10-5-11-38-17)22-25(39-21(20)24(33)36)32(26(37)40-22)13-18(34)31-15-7-2-1-3-8-15/h1-12,19-21H,13H2,(H,31,34)/t19-,20?,21?/m1/s1. The van der Waals surface area contributed by atoms with Crippen molar-refractivity contribution in [3.63, 3.8) is 0 Å². The average Bonchev–Trinajstić information content (AvgIpc) is 3.62. The van der Waals surface area contributed by atoms with Gasteiger partial charge in [0.05, 0.1) is 39.3 Å². The van der Waals surface area contributed by atoms with E-state index < -0.39 is 51.4 Å². The largest absolute Gasteiger partial charge is 0.469 e. The first-order valence-corrected chi connectivity index (χ1v) is 13.7. The van der Waals surface area contributed by atoms with Crippen molar-refractivity contribution in [2.45, 2.75) is 28.9 Å². The lowest BCUT2D eigenvalue weighted by atomic mass is 9.87. The van der Waals surface area contributed by atoms with Gasteiger partial charge in [0.2, 0.25) is 17.7 Å². The van der Waals surface area contributed by atoms with Gasteiger partial charge < -0.3 is 9.73 Å². The van der Waals surface area contributed by atoms with Crippen molar-refractivity contribution >= 4 is 52.2 Å². The summed E-state index contributed by atoms with van der Waals surface area (Å²) < 4.78 is 47.0. The third kappa shape index (κ3) is 4.44. The molecule has 3 atom stereocenters. The molecule has 2 aromatic heterocycles. The molecule has 40 heavy (non-hydrogen) atoms. The van der Waals surface area contributed by atoms with Crippen LogP contribution in [0.15, 0.2) is 87.2 Å². The Bertz CT molecular complexity index is 1680. The summed E-state index contributed by atoms with van der Waals surface area (Å²) in [7, 11) is 0. The molecule has 2 aliphatic rings. The van der Waals surface area contributed by atoms with Gasteiger partial charge in [0, 0.05) is 5.69 Å². The van der Waals surface area contributed by atoms with E-state index in [0.29, 0.717) is 21.4 Å². The van der Waals surface area contributed by atoms with Crippen LogP contribution in [-0.4, -0.2) is 27.5 Å². The van der Waals surface area contributed by atoms with Crippen LogP contribution in [0.25, 0.3) is 0 Å². The molecule has 13 heteroatoms. The summed E-state index contributed by atoms with van der Waals surface area (Å²) in [4.78, 5) is 54.0. The number of carbonyl (C=O) groups is 3. The molecule has 0 aliphatic carbocycles. The minimum atomic E-state index is -4.67. The number of amides is 3. The molecule has 4 heterocycles. The number of halogens is 3. The van der Waals surface area contributed by atoms with Crippen LogP contribution >= 0.6 is 23.1 Å². The van der Waals surface area contributed by atoms with E-state index in [9.17, 15) is 32.3 Å². The Hall–Kier alpha value is -4.10. The van der Waals surface area contributed by atoms with Gasteiger partial charge >= 0.3 is 11.0 Å². The van der Waals surface area contributed by atoms with Crippen LogP contribution in [0.2, 0.25) is 0 Å². The van der Waals surface area contributed by atoms with Crippen LogP contribution in [0.3, 0.4) is 0 Å². The van der Waals surface area contributed by atoms with E-state index in [1.807, 2.05) is 0 Å². The maximum atomic E-state index is 13.7. The van der Waals surface area contributed by atoms with E-state index in [-0.39, 0.29) is 12.2 Å². The van der Waals surface area contributed by atoms with E-state index in [1.54, 1.807) is 42.5 Å². The predicted molar refractivity (Wildman–Crippen MR) is 141 cm³/mol.